The van der Waals surface area contributed by atoms with E-state index in [1.165, 1.54) is 18.2 Å². The maximum atomic E-state index is 14.9. The standard InChI is InChI=1S/C31H31F3N2O2/c1-21(30(35)37)36-19-22-14-15-31(18-24-9-3-6-12-28(24)33,38-20-25-10-4-7-13-29(25)34)26(16-22)17-23-8-2-5-11-27(23)32/h2-16,21,26,36H,17-20H2,1H3,(H2,35,37)/t21-,26?,31?/m0/s1. The Balaban J connectivity index is 1.73. The Kier molecular flexibility index (Phi) is 8.81. The van der Waals surface area contributed by atoms with Crippen LogP contribution in [0.1, 0.15) is 23.6 Å². The molecule has 2 unspecified atom stereocenters. The van der Waals surface area contributed by atoms with Crippen LogP contribution in [0.15, 0.2) is 96.6 Å². The minimum Gasteiger partial charge on any atom is -0.368 e. The zero-order valence-corrected chi connectivity index (χ0v) is 21.2. The van der Waals surface area contributed by atoms with Crippen molar-refractivity contribution in [2.75, 3.05) is 6.54 Å². The largest absolute Gasteiger partial charge is 0.368 e. The predicted octanol–water partition coefficient (Wildman–Crippen LogP) is 5.42. The molecule has 0 bridgehead atoms. The number of nitrogens with two attached hydrogens (primary N) is 1. The summed E-state index contributed by atoms with van der Waals surface area (Å²) in [5.41, 5.74) is 6.40. The molecule has 0 aromatic heterocycles. The van der Waals surface area contributed by atoms with Gasteiger partial charge < -0.3 is 15.8 Å². The number of rotatable bonds is 11. The summed E-state index contributed by atoms with van der Waals surface area (Å²) >= 11 is 0. The number of ether oxygens (including phenoxy) is 1. The minimum absolute atomic E-state index is 0.0562. The Morgan fingerprint density at radius 1 is 0.921 bits per heavy atom. The van der Waals surface area contributed by atoms with Crippen LogP contribution in [0.3, 0.4) is 0 Å². The molecule has 3 aromatic carbocycles. The van der Waals surface area contributed by atoms with Gasteiger partial charge in [-0.15, -0.1) is 0 Å². The van der Waals surface area contributed by atoms with Crippen LogP contribution < -0.4 is 11.1 Å². The highest BCUT2D eigenvalue weighted by atomic mass is 19.1. The van der Waals surface area contributed by atoms with Crippen LogP contribution in [0.5, 0.6) is 0 Å². The highest BCUT2D eigenvalue weighted by Gasteiger charge is 2.40. The first-order chi connectivity index (χ1) is 18.3. The third kappa shape index (κ3) is 6.60. The lowest BCUT2D eigenvalue weighted by atomic mass is 9.74. The molecular formula is C31H31F3N2O2. The monoisotopic (exact) mass is 520 g/mol. The molecule has 7 heteroatoms. The number of halogens is 3. The lowest BCUT2D eigenvalue weighted by Crippen LogP contribution is -2.44. The molecule has 0 spiro atoms. The van der Waals surface area contributed by atoms with Gasteiger partial charge in [0.2, 0.25) is 5.91 Å². The van der Waals surface area contributed by atoms with Gasteiger partial charge in [0.15, 0.2) is 0 Å². The zero-order chi connectivity index (χ0) is 27.1. The van der Waals surface area contributed by atoms with Crippen molar-refractivity contribution in [1.29, 1.82) is 0 Å². The van der Waals surface area contributed by atoms with Gasteiger partial charge in [-0.2, -0.15) is 0 Å². The van der Waals surface area contributed by atoms with E-state index in [2.05, 4.69) is 5.32 Å². The van der Waals surface area contributed by atoms with Gasteiger partial charge in [0.1, 0.15) is 17.5 Å². The van der Waals surface area contributed by atoms with E-state index in [1.807, 2.05) is 18.2 Å². The van der Waals surface area contributed by atoms with E-state index in [-0.39, 0.29) is 31.1 Å². The van der Waals surface area contributed by atoms with Crippen LogP contribution in [0.2, 0.25) is 0 Å². The maximum Gasteiger partial charge on any atom is 0.234 e. The molecule has 0 saturated heterocycles. The summed E-state index contributed by atoms with van der Waals surface area (Å²) in [5.74, 6) is -2.05. The van der Waals surface area contributed by atoms with E-state index < -0.39 is 29.3 Å². The van der Waals surface area contributed by atoms with Crippen molar-refractivity contribution in [3.8, 4) is 0 Å². The number of primary amides is 1. The van der Waals surface area contributed by atoms with Crippen LogP contribution in [0, 0.1) is 23.4 Å². The SMILES string of the molecule is C[C@H](NCC1=CC(Cc2ccccc2F)C(Cc2ccccc2F)(OCc2ccccc2F)C=C1)C(N)=O. The minimum atomic E-state index is -1.11. The van der Waals surface area contributed by atoms with Gasteiger partial charge in [0.25, 0.3) is 0 Å². The fourth-order valence-electron chi connectivity index (χ4n) is 4.61. The van der Waals surface area contributed by atoms with Gasteiger partial charge in [-0.3, -0.25) is 4.79 Å². The van der Waals surface area contributed by atoms with Crippen molar-refractivity contribution >= 4 is 5.91 Å². The van der Waals surface area contributed by atoms with E-state index in [1.54, 1.807) is 61.5 Å². The first-order valence-electron chi connectivity index (χ1n) is 12.5. The van der Waals surface area contributed by atoms with Gasteiger partial charge in [-0.1, -0.05) is 72.8 Å². The van der Waals surface area contributed by atoms with E-state index in [9.17, 15) is 18.0 Å². The topological polar surface area (TPSA) is 64.3 Å². The normalized spacial score (nSPS) is 19.7. The van der Waals surface area contributed by atoms with Gasteiger partial charge >= 0.3 is 0 Å². The molecule has 3 aromatic rings. The molecule has 3 atom stereocenters. The average Bonchev–Trinajstić information content (AvgIpc) is 2.91. The van der Waals surface area contributed by atoms with Crippen molar-refractivity contribution in [2.45, 2.75) is 38.0 Å². The van der Waals surface area contributed by atoms with Crippen molar-refractivity contribution < 1.29 is 22.7 Å². The predicted molar refractivity (Wildman–Crippen MR) is 142 cm³/mol. The summed E-state index contributed by atoms with van der Waals surface area (Å²) in [6.45, 7) is 1.96. The van der Waals surface area contributed by atoms with Crippen LogP contribution in [-0.4, -0.2) is 24.1 Å². The number of carbonyl (C=O) groups excluding carboxylic acids is 1. The van der Waals surface area contributed by atoms with Crippen molar-refractivity contribution in [2.24, 2.45) is 11.7 Å². The first kappa shape index (κ1) is 27.4. The first-order valence-corrected chi connectivity index (χ1v) is 12.5. The second kappa shape index (κ2) is 12.2. The van der Waals surface area contributed by atoms with E-state index in [0.717, 1.165) is 5.57 Å². The van der Waals surface area contributed by atoms with Crippen molar-refractivity contribution in [3.63, 3.8) is 0 Å². The molecule has 4 nitrogen and oxygen atoms in total. The Morgan fingerprint density at radius 2 is 1.47 bits per heavy atom. The number of benzene rings is 3. The van der Waals surface area contributed by atoms with Crippen LogP contribution in [0.25, 0.3) is 0 Å². The summed E-state index contributed by atoms with van der Waals surface area (Å²) in [6.07, 6.45) is 6.06. The van der Waals surface area contributed by atoms with E-state index in [4.69, 9.17) is 10.5 Å². The lowest BCUT2D eigenvalue weighted by molar-refractivity contribution is -0.119. The molecule has 4 rings (SSSR count). The average molecular weight is 521 g/mol. The fourth-order valence-corrected chi connectivity index (χ4v) is 4.61. The molecule has 0 fully saturated rings. The Hall–Kier alpha value is -3.68. The van der Waals surface area contributed by atoms with Crippen LogP contribution in [0.4, 0.5) is 13.2 Å². The number of hydrogen-bond acceptors (Lipinski definition) is 3. The number of hydrogen-bond donors (Lipinski definition) is 2. The summed E-state index contributed by atoms with van der Waals surface area (Å²) in [4.78, 5) is 11.5. The Morgan fingerprint density at radius 3 is 2.05 bits per heavy atom. The Bertz CT molecular complexity index is 1340. The van der Waals surface area contributed by atoms with Crippen molar-refractivity contribution in [1.82, 2.24) is 5.32 Å². The molecule has 0 aliphatic heterocycles. The third-order valence-electron chi connectivity index (χ3n) is 6.94. The highest BCUT2D eigenvalue weighted by molar-refractivity contribution is 5.79. The number of amides is 1. The molecule has 1 aliphatic carbocycles. The highest BCUT2D eigenvalue weighted by Crippen LogP contribution is 2.38. The lowest BCUT2D eigenvalue weighted by Gasteiger charge is -2.40. The molecule has 1 aliphatic rings. The molecule has 1 amide bonds. The summed E-state index contributed by atoms with van der Waals surface area (Å²) in [6, 6.07) is 18.7. The fraction of sp³-hybridized carbons (Fsp3) is 0.258. The molecule has 3 N–H and O–H groups in total. The van der Waals surface area contributed by atoms with E-state index >= 15 is 0 Å². The molecular weight excluding hydrogens is 489 g/mol. The van der Waals surface area contributed by atoms with Gasteiger partial charge in [-0.05, 0) is 48.2 Å². The Labute approximate surface area is 221 Å². The maximum absolute atomic E-state index is 14.9. The molecule has 198 valence electrons. The molecule has 0 heterocycles. The van der Waals surface area contributed by atoms with E-state index in [0.29, 0.717) is 23.2 Å². The van der Waals surface area contributed by atoms with Crippen molar-refractivity contribution in [3.05, 3.63) is 131 Å². The summed E-state index contributed by atoms with van der Waals surface area (Å²) in [5, 5.41) is 3.08. The zero-order valence-electron chi connectivity index (χ0n) is 21.2. The van der Waals surface area contributed by atoms with Gasteiger partial charge in [-0.25, -0.2) is 13.2 Å². The molecule has 0 radical (unpaired) electrons. The number of carbonyl (C=O) groups is 1. The summed E-state index contributed by atoms with van der Waals surface area (Å²) < 4.78 is 50.6. The third-order valence-corrected chi connectivity index (χ3v) is 6.94. The van der Waals surface area contributed by atoms with Gasteiger partial charge in [0, 0.05) is 24.4 Å². The van der Waals surface area contributed by atoms with Gasteiger partial charge in [0.05, 0.1) is 18.2 Å². The summed E-state index contributed by atoms with van der Waals surface area (Å²) in [7, 11) is 0. The van der Waals surface area contributed by atoms with Crippen LogP contribution >= 0.6 is 0 Å². The molecule has 38 heavy (non-hydrogen) atoms. The van der Waals surface area contributed by atoms with Crippen LogP contribution in [-0.2, 0) is 29.0 Å². The smallest absolute Gasteiger partial charge is 0.234 e. The second-order valence-corrected chi connectivity index (χ2v) is 9.59. The molecule has 0 saturated carbocycles. The quantitative estimate of drug-likeness (QED) is 0.355. The number of nitrogens with one attached hydrogen (secondary N) is 1. The second-order valence-electron chi connectivity index (χ2n) is 9.59.